The minimum Gasteiger partial charge on any atom is -0.490 e. The Morgan fingerprint density at radius 2 is 1.52 bits per heavy atom. The summed E-state index contributed by atoms with van der Waals surface area (Å²) in [6.45, 7) is 6.00. The van der Waals surface area contributed by atoms with Gasteiger partial charge in [0, 0.05) is 18.2 Å². The van der Waals surface area contributed by atoms with Gasteiger partial charge in [0.2, 0.25) is 0 Å². The first kappa shape index (κ1) is 19.0. The normalized spacial score (nSPS) is 11.8. The maximum absolute atomic E-state index is 6.18. The quantitative estimate of drug-likeness (QED) is 0.545. The average Bonchev–Trinajstić information content (AvgIpc) is 2.73. The van der Waals surface area contributed by atoms with Crippen molar-refractivity contribution in [1.82, 2.24) is 5.32 Å². The topological polar surface area (TPSA) is 30.5 Å². The summed E-state index contributed by atoms with van der Waals surface area (Å²) in [5.41, 5.74) is 3.50. The fraction of sp³-hybridized carbons (Fsp3) is 0.250. The highest BCUT2D eigenvalue weighted by atomic mass is 16.5. The van der Waals surface area contributed by atoms with Crippen LogP contribution in [0.2, 0.25) is 0 Å². The van der Waals surface area contributed by atoms with Crippen molar-refractivity contribution in [3.63, 3.8) is 0 Å². The Hall–Kier alpha value is -2.78. The summed E-state index contributed by atoms with van der Waals surface area (Å²) in [7, 11) is 0. The largest absolute Gasteiger partial charge is 0.490 e. The molecule has 3 rings (SSSR count). The third kappa shape index (κ3) is 5.35. The van der Waals surface area contributed by atoms with E-state index in [1.807, 2.05) is 43.3 Å². The standard InChI is InChI=1S/C24H27NO2/c1-3-26-23-16-10-15-22(17-25-19(2)21-13-8-5-9-14-21)24(23)27-18-20-11-6-4-7-12-20/h4-16,19,25H,3,17-18H2,1-2H3/t19-/m0/s1. The first-order valence-corrected chi connectivity index (χ1v) is 9.47. The highest BCUT2D eigenvalue weighted by Crippen LogP contribution is 2.32. The van der Waals surface area contributed by atoms with Gasteiger partial charge in [-0.25, -0.2) is 0 Å². The number of nitrogens with one attached hydrogen (secondary N) is 1. The molecule has 140 valence electrons. The monoisotopic (exact) mass is 361 g/mol. The molecule has 27 heavy (non-hydrogen) atoms. The molecule has 0 amide bonds. The molecule has 0 aliphatic rings. The van der Waals surface area contributed by atoms with Crippen LogP contribution in [0.15, 0.2) is 78.9 Å². The maximum atomic E-state index is 6.18. The van der Waals surface area contributed by atoms with Gasteiger partial charge in [-0.1, -0.05) is 72.8 Å². The lowest BCUT2D eigenvalue weighted by Crippen LogP contribution is -2.18. The second kappa shape index (κ2) is 9.79. The molecule has 0 saturated carbocycles. The first-order valence-electron chi connectivity index (χ1n) is 9.47. The number of benzene rings is 3. The van der Waals surface area contributed by atoms with Gasteiger partial charge < -0.3 is 14.8 Å². The van der Waals surface area contributed by atoms with Crippen LogP contribution in [0.3, 0.4) is 0 Å². The third-order valence-corrected chi connectivity index (χ3v) is 4.48. The Bertz CT molecular complexity index is 818. The van der Waals surface area contributed by atoms with E-state index in [4.69, 9.17) is 9.47 Å². The molecule has 0 aliphatic heterocycles. The van der Waals surface area contributed by atoms with Crippen LogP contribution >= 0.6 is 0 Å². The van der Waals surface area contributed by atoms with Gasteiger partial charge >= 0.3 is 0 Å². The van der Waals surface area contributed by atoms with E-state index < -0.39 is 0 Å². The van der Waals surface area contributed by atoms with Crippen molar-refractivity contribution >= 4 is 0 Å². The van der Waals surface area contributed by atoms with E-state index in [0.29, 0.717) is 19.8 Å². The van der Waals surface area contributed by atoms with Crippen molar-refractivity contribution in [2.24, 2.45) is 0 Å². The highest BCUT2D eigenvalue weighted by Gasteiger charge is 2.13. The van der Waals surface area contributed by atoms with Crippen molar-refractivity contribution in [2.75, 3.05) is 6.61 Å². The molecule has 0 spiro atoms. The van der Waals surface area contributed by atoms with Crippen LogP contribution in [0.1, 0.15) is 36.6 Å². The Morgan fingerprint density at radius 3 is 2.22 bits per heavy atom. The first-order chi connectivity index (χ1) is 13.3. The van der Waals surface area contributed by atoms with Gasteiger partial charge in [0.15, 0.2) is 11.5 Å². The van der Waals surface area contributed by atoms with Crippen molar-refractivity contribution in [3.8, 4) is 11.5 Å². The summed E-state index contributed by atoms with van der Waals surface area (Å²) in [4.78, 5) is 0. The van der Waals surface area contributed by atoms with Crippen LogP contribution in [-0.2, 0) is 13.2 Å². The Balaban J connectivity index is 1.74. The minimum absolute atomic E-state index is 0.254. The van der Waals surface area contributed by atoms with Crippen LogP contribution < -0.4 is 14.8 Å². The summed E-state index contributed by atoms with van der Waals surface area (Å²) >= 11 is 0. The van der Waals surface area contributed by atoms with E-state index in [-0.39, 0.29) is 6.04 Å². The summed E-state index contributed by atoms with van der Waals surface area (Å²) in [5, 5.41) is 3.59. The predicted octanol–water partition coefficient (Wildman–Crippen LogP) is 5.52. The molecule has 1 atom stereocenters. The van der Waals surface area contributed by atoms with Gasteiger partial charge in [-0.15, -0.1) is 0 Å². The predicted molar refractivity (Wildman–Crippen MR) is 110 cm³/mol. The zero-order valence-corrected chi connectivity index (χ0v) is 16.0. The zero-order chi connectivity index (χ0) is 18.9. The summed E-state index contributed by atoms with van der Waals surface area (Å²) < 4.78 is 12.0. The molecule has 0 unspecified atom stereocenters. The molecule has 0 bridgehead atoms. The zero-order valence-electron chi connectivity index (χ0n) is 16.0. The average molecular weight is 361 g/mol. The molecule has 0 aliphatic carbocycles. The van der Waals surface area contributed by atoms with Gasteiger partial charge in [0.05, 0.1) is 6.61 Å². The van der Waals surface area contributed by atoms with E-state index in [1.165, 1.54) is 5.56 Å². The summed E-state index contributed by atoms with van der Waals surface area (Å²) in [6.07, 6.45) is 0. The fourth-order valence-electron chi connectivity index (χ4n) is 2.99. The number of hydrogen-bond donors (Lipinski definition) is 1. The van der Waals surface area contributed by atoms with Crippen molar-refractivity contribution in [1.29, 1.82) is 0 Å². The van der Waals surface area contributed by atoms with E-state index in [9.17, 15) is 0 Å². The Labute approximate surface area is 162 Å². The molecule has 3 nitrogen and oxygen atoms in total. The fourth-order valence-corrected chi connectivity index (χ4v) is 2.99. The molecule has 0 radical (unpaired) electrons. The number of ether oxygens (including phenoxy) is 2. The lowest BCUT2D eigenvalue weighted by molar-refractivity contribution is 0.266. The van der Waals surface area contributed by atoms with Crippen LogP contribution in [0.25, 0.3) is 0 Å². The van der Waals surface area contributed by atoms with Crippen molar-refractivity contribution < 1.29 is 9.47 Å². The van der Waals surface area contributed by atoms with Crippen LogP contribution in [-0.4, -0.2) is 6.61 Å². The second-order valence-electron chi connectivity index (χ2n) is 6.46. The highest BCUT2D eigenvalue weighted by molar-refractivity contribution is 5.47. The maximum Gasteiger partial charge on any atom is 0.166 e. The van der Waals surface area contributed by atoms with Crippen molar-refractivity contribution in [3.05, 3.63) is 95.6 Å². The molecule has 0 saturated heterocycles. The molecule has 0 aromatic heterocycles. The molecule has 3 heteroatoms. The van der Waals surface area contributed by atoms with Crippen molar-refractivity contribution in [2.45, 2.75) is 33.0 Å². The number of rotatable bonds is 9. The van der Waals surface area contributed by atoms with Crippen LogP contribution in [0.5, 0.6) is 11.5 Å². The van der Waals surface area contributed by atoms with Crippen LogP contribution in [0, 0.1) is 0 Å². The number of hydrogen-bond acceptors (Lipinski definition) is 3. The second-order valence-corrected chi connectivity index (χ2v) is 6.46. The Kier molecular flexibility index (Phi) is 6.89. The molecule has 0 heterocycles. The smallest absolute Gasteiger partial charge is 0.166 e. The molecular formula is C24H27NO2. The van der Waals surface area contributed by atoms with Gasteiger partial charge in [0.25, 0.3) is 0 Å². The summed E-state index contributed by atoms with van der Waals surface area (Å²) in [5.74, 6) is 1.61. The SMILES string of the molecule is CCOc1cccc(CN[C@@H](C)c2ccccc2)c1OCc1ccccc1. The van der Waals surface area contributed by atoms with Gasteiger partial charge in [-0.2, -0.15) is 0 Å². The van der Waals surface area contributed by atoms with Gasteiger partial charge in [-0.05, 0) is 31.0 Å². The van der Waals surface area contributed by atoms with Gasteiger partial charge in [-0.3, -0.25) is 0 Å². The molecule has 3 aromatic carbocycles. The Morgan fingerprint density at radius 1 is 0.815 bits per heavy atom. The molecule has 3 aromatic rings. The molecule has 0 fully saturated rings. The third-order valence-electron chi connectivity index (χ3n) is 4.48. The lowest BCUT2D eigenvalue weighted by atomic mass is 10.1. The number of para-hydroxylation sites is 1. The lowest BCUT2D eigenvalue weighted by Gasteiger charge is -2.19. The van der Waals surface area contributed by atoms with E-state index >= 15 is 0 Å². The summed E-state index contributed by atoms with van der Waals surface area (Å²) in [6, 6.07) is 27.0. The van der Waals surface area contributed by atoms with Gasteiger partial charge in [0.1, 0.15) is 6.61 Å². The van der Waals surface area contributed by atoms with E-state index in [1.54, 1.807) is 0 Å². The molecular weight excluding hydrogens is 334 g/mol. The minimum atomic E-state index is 0.254. The molecule has 1 N–H and O–H groups in total. The van der Waals surface area contributed by atoms with Crippen LogP contribution in [0.4, 0.5) is 0 Å². The van der Waals surface area contributed by atoms with E-state index in [0.717, 1.165) is 22.6 Å². The van der Waals surface area contributed by atoms with E-state index in [2.05, 4.69) is 54.7 Å².